The first-order valence-electron chi connectivity index (χ1n) is 11.2. The molecule has 33 heavy (non-hydrogen) atoms. The SMILES string of the molecule is CC(=O)N1CCOc2ccc(S(=O)(=O)NCC3CCC(C(=O)NCc4ccco4)CC3)cc21. The van der Waals surface area contributed by atoms with E-state index in [9.17, 15) is 18.0 Å². The number of nitrogens with zero attached hydrogens (tertiary/aromatic N) is 1. The molecule has 178 valence electrons. The van der Waals surface area contributed by atoms with Crippen LogP contribution >= 0.6 is 0 Å². The molecule has 4 rings (SSSR count). The Hall–Kier alpha value is -2.85. The maximum Gasteiger partial charge on any atom is 0.240 e. The number of carbonyl (C=O) groups is 2. The first-order valence-corrected chi connectivity index (χ1v) is 12.7. The fourth-order valence-electron chi connectivity index (χ4n) is 4.36. The number of sulfonamides is 1. The van der Waals surface area contributed by atoms with E-state index in [4.69, 9.17) is 9.15 Å². The highest BCUT2D eigenvalue weighted by atomic mass is 32.2. The Morgan fingerprint density at radius 1 is 1.15 bits per heavy atom. The summed E-state index contributed by atoms with van der Waals surface area (Å²) in [5.41, 5.74) is 0.470. The van der Waals surface area contributed by atoms with Crippen molar-refractivity contribution in [3.05, 3.63) is 42.4 Å². The maximum absolute atomic E-state index is 12.9. The summed E-state index contributed by atoms with van der Waals surface area (Å²) >= 11 is 0. The second kappa shape index (κ2) is 9.96. The van der Waals surface area contributed by atoms with Gasteiger partial charge in [0, 0.05) is 19.4 Å². The maximum atomic E-state index is 12.9. The zero-order valence-corrected chi connectivity index (χ0v) is 19.4. The van der Waals surface area contributed by atoms with Crippen LogP contribution in [0.5, 0.6) is 5.75 Å². The largest absolute Gasteiger partial charge is 0.490 e. The number of anilines is 1. The smallest absolute Gasteiger partial charge is 0.240 e. The zero-order chi connectivity index (χ0) is 23.4. The molecule has 2 amide bonds. The number of fused-ring (bicyclic) bond motifs is 1. The Labute approximate surface area is 193 Å². The van der Waals surface area contributed by atoms with Crippen molar-refractivity contribution < 1.29 is 27.2 Å². The minimum absolute atomic E-state index is 0.0109. The van der Waals surface area contributed by atoms with E-state index >= 15 is 0 Å². The van der Waals surface area contributed by atoms with E-state index in [2.05, 4.69) is 10.0 Å². The van der Waals surface area contributed by atoms with E-state index < -0.39 is 10.0 Å². The molecular formula is C23H29N3O6S. The molecule has 0 spiro atoms. The van der Waals surface area contributed by atoms with Gasteiger partial charge in [-0.25, -0.2) is 13.1 Å². The van der Waals surface area contributed by atoms with Gasteiger partial charge >= 0.3 is 0 Å². The van der Waals surface area contributed by atoms with Crippen molar-refractivity contribution in [3.8, 4) is 5.75 Å². The fourth-order valence-corrected chi connectivity index (χ4v) is 5.50. The number of amides is 2. The van der Waals surface area contributed by atoms with Crippen LogP contribution < -0.4 is 19.7 Å². The average molecular weight is 476 g/mol. The lowest BCUT2D eigenvalue weighted by molar-refractivity contribution is -0.126. The number of rotatable bonds is 7. The summed E-state index contributed by atoms with van der Waals surface area (Å²) in [6, 6.07) is 8.16. The minimum atomic E-state index is -3.74. The molecule has 1 saturated carbocycles. The Balaban J connectivity index is 1.29. The third kappa shape index (κ3) is 5.56. The number of benzene rings is 1. The second-order valence-electron chi connectivity index (χ2n) is 8.52. The number of nitrogens with one attached hydrogen (secondary N) is 2. The molecule has 1 aromatic heterocycles. The summed E-state index contributed by atoms with van der Waals surface area (Å²) in [7, 11) is -3.74. The number of carbonyl (C=O) groups excluding carboxylic acids is 2. The van der Waals surface area contributed by atoms with Gasteiger partial charge < -0.3 is 19.4 Å². The van der Waals surface area contributed by atoms with Crippen molar-refractivity contribution in [3.63, 3.8) is 0 Å². The highest BCUT2D eigenvalue weighted by Crippen LogP contribution is 2.34. The third-order valence-corrected chi connectivity index (χ3v) is 7.70. The highest BCUT2D eigenvalue weighted by Gasteiger charge is 2.28. The van der Waals surface area contributed by atoms with Crippen LogP contribution in [0.15, 0.2) is 45.9 Å². The van der Waals surface area contributed by atoms with Crippen molar-refractivity contribution in [2.45, 2.75) is 44.0 Å². The summed E-state index contributed by atoms with van der Waals surface area (Å²) in [4.78, 5) is 25.9. The van der Waals surface area contributed by atoms with Gasteiger partial charge in [0.1, 0.15) is 18.1 Å². The normalized spacial score (nSPS) is 20.6. The molecule has 1 aliphatic carbocycles. The van der Waals surface area contributed by atoms with E-state index in [0.717, 1.165) is 25.7 Å². The van der Waals surface area contributed by atoms with Crippen LogP contribution in [-0.4, -0.2) is 39.9 Å². The van der Waals surface area contributed by atoms with Gasteiger partial charge in [0.05, 0.1) is 29.9 Å². The summed E-state index contributed by atoms with van der Waals surface area (Å²) in [5, 5.41) is 2.90. The van der Waals surface area contributed by atoms with Crippen LogP contribution in [0.2, 0.25) is 0 Å². The fraction of sp³-hybridized carbons (Fsp3) is 0.478. The van der Waals surface area contributed by atoms with Crippen LogP contribution in [0, 0.1) is 11.8 Å². The molecule has 2 aromatic rings. The van der Waals surface area contributed by atoms with Gasteiger partial charge in [0.2, 0.25) is 21.8 Å². The Kier molecular flexibility index (Phi) is 7.04. The van der Waals surface area contributed by atoms with Gasteiger partial charge in [-0.15, -0.1) is 0 Å². The molecule has 2 aliphatic rings. The van der Waals surface area contributed by atoms with Gasteiger partial charge in [0.25, 0.3) is 0 Å². The van der Waals surface area contributed by atoms with Crippen LogP contribution in [0.1, 0.15) is 38.4 Å². The molecule has 0 bridgehead atoms. The van der Waals surface area contributed by atoms with Gasteiger partial charge in [-0.2, -0.15) is 0 Å². The number of hydrogen-bond donors (Lipinski definition) is 2. The Morgan fingerprint density at radius 2 is 1.94 bits per heavy atom. The number of hydrogen-bond acceptors (Lipinski definition) is 6. The van der Waals surface area contributed by atoms with Gasteiger partial charge in [-0.3, -0.25) is 9.59 Å². The predicted octanol–water partition coefficient (Wildman–Crippen LogP) is 2.43. The van der Waals surface area contributed by atoms with Crippen LogP contribution in [0.3, 0.4) is 0 Å². The van der Waals surface area contributed by atoms with Crippen molar-refractivity contribution in [1.29, 1.82) is 0 Å². The van der Waals surface area contributed by atoms with Gasteiger partial charge in [0.15, 0.2) is 0 Å². The van der Waals surface area contributed by atoms with Gasteiger partial charge in [-0.05, 0) is 61.9 Å². The molecule has 0 saturated heterocycles. The lowest BCUT2D eigenvalue weighted by Gasteiger charge is -2.29. The molecule has 1 aliphatic heterocycles. The van der Waals surface area contributed by atoms with Crippen LogP contribution in [0.4, 0.5) is 5.69 Å². The van der Waals surface area contributed by atoms with E-state index in [0.29, 0.717) is 43.4 Å². The molecule has 9 nitrogen and oxygen atoms in total. The molecule has 0 unspecified atom stereocenters. The number of furan rings is 1. The number of ether oxygens (including phenoxy) is 1. The second-order valence-corrected chi connectivity index (χ2v) is 10.3. The lowest BCUT2D eigenvalue weighted by Crippen LogP contribution is -2.37. The van der Waals surface area contributed by atoms with Crippen molar-refractivity contribution >= 4 is 27.5 Å². The van der Waals surface area contributed by atoms with E-state index in [-0.39, 0.29) is 28.5 Å². The lowest BCUT2D eigenvalue weighted by atomic mass is 9.81. The molecule has 0 atom stereocenters. The Bertz CT molecular complexity index is 1090. The summed E-state index contributed by atoms with van der Waals surface area (Å²) in [6.07, 6.45) is 4.57. The molecule has 1 aromatic carbocycles. The Morgan fingerprint density at radius 3 is 2.64 bits per heavy atom. The van der Waals surface area contributed by atoms with Crippen molar-refractivity contribution in [2.24, 2.45) is 11.8 Å². The first kappa shape index (κ1) is 23.3. The third-order valence-electron chi connectivity index (χ3n) is 6.28. The van der Waals surface area contributed by atoms with E-state index in [1.54, 1.807) is 18.4 Å². The molecular weight excluding hydrogens is 446 g/mol. The van der Waals surface area contributed by atoms with E-state index in [1.165, 1.54) is 24.0 Å². The minimum Gasteiger partial charge on any atom is -0.490 e. The molecule has 2 N–H and O–H groups in total. The molecule has 2 heterocycles. The van der Waals surface area contributed by atoms with E-state index in [1.807, 2.05) is 6.07 Å². The summed E-state index contributed by atoms with van der Waals surface area (Å²) in [5.74, 6) is 1.17. The average Bonchev–Trinajstić information content (AvgIpc) is 3.34. The standard InChI is InChI=1S/C23H29N3O6S/c1-16(27)26-10-12-32-22-9-8-20(13-21(22)26)33(29,30)25-14-17-4-6-18(7-5-17)23(28)24-15-19-3-2-11-31-19/h2-3,8-9,11,13,17-18,25H,4-7,10,12,14-15H2,1H3,(H,24,28). The zero-order valence-electron chi connectivity index (χ0n) is 18.6. The van der Waals surface area contributed by atoms with Crippen molar-refractivity contribution in [2.75, 3.05) is 24.6 Å². The highest BCUT2D eigenvalue weighted by molar-refractivity contribution is 7.89. The van der Waals surface area contributed by atoms with Crippen molar-refractivity contribution in [1.82, 2.24) is 10.0 Å². The molecule has 10 heteroatoms. The van der Waals surface area contributed by atoms with Gasteiger partial charge in [-0.1, -0.05) is 0 Å². The monoisotopic (exact) mass is 475 g/mol. The predicted molar refractivity (Wildman–Crippen MR) is 121 cm³/mol. The first-order chi connectivity index (χ1) is 15.8. The quantitative estimate of drug-likeness (QED) is 0.635. The molecule has 0 radical (unpaired) electrons. The van der Waals surface area contributed by atoms with Crippen LogP contribution in [0.25, 0.3) is 0 Å². The summed E-state index contributed by atoms with van der Waals surface area (Å²) in [6.45, 7) is 2.89. The summed E-state index contributed by atoms with van der Waals surface area (Å²) < 4.78 is 39.2. The molecule has 1 fully saturated rings. The van der Waals surface area contributed by atoms with Crippen LogP contribution in [-0.2, 0) is 26.2 Å². The topological polar surface area (TPSA) is 118 Å².